The third-order valence-corrected chi connectivity index (χ3v) is 3.04. The minimum Gasteiger partial charge on any atom is -0.334 e. The highest BCUT2D eigenvalue weighted by Crippen LogP contribution is 2.25. The molecule has 18 heavy (non-hydrogen) atoms. The normalized spacial score (nSPS) is 10.7. The van der Waals surface area contributed by atoms with E-state index in [2.05, 4.69) is 16.0 Å². The number of hydrogen-bond acceptors (Lipinski definition) is 3. The van der Waals surface area contributed by atoms with Gasteiger partial charge in [-0.05, 0) is 12.1 Å². The summed E-state index contributed by atoms with van der Waals surface area (Å²) in [4.78, 5) is 8.40. The van der Waals surface area contributed by atoms with Crippen molar-refractivity contribution in [2.24, 2.45) is 14.1 Å². The van der Waals surface area contributed by atoms with E-state index in [0.29, 0.717) is 5.69 Å². The van der Waals surface area contributed by atoms with Crippen LogP contribution in [0.3, 0.4) is 0 Å². The second-order valence-electron chi connectivity index (χ2n) is 4.22. The summed E-state index contributed by atoms with van der Waals surface area (Å²) in [6.45, 7) is 0. The number of nitriles is 1. The number of aromatic nitrogens is 4. The Morgan fingerprint density at radius 1 is 1.11 bits per heavy atom. The minimum absolute atomic E-state index is 0.438. The first-order valence-corrected chi connectivity index (χ1v) is 5.53. The summed E-state index contributed by atoms with van der Waals surface area (Å²) in [6.07, 6.45) is 3.43. The number of imidazole rings is 2. The Bertz CT molecular complexity index is 772. The summed E-state index contributed by atoms with van der Waals surface area (Å²) in [7, 11) is 3.84. The van der Waals surface area contributed by atoms with E-state index in [9.17, 15) is 0 Å². The second kappa shape index (κ2) is 3.70. The molecule has 3 aromatic rings. The molecule has 2 heterocycles. The van der Waals surface area contributed by atoms with Gasteiger partial charge in [-0.25, -0.2) is 9.97 Å². The molecule has 1 aromatic carbocycles. The predicted molar refractivity (Wildman–Crippen MR) is 67.6 cm³/mol. The van der Waals surface area contributed by atoms with E-state index in [1.807, 2.05) is 41.4 Å². The van der Waals surface area contributed by atoms with Gasteiger partial charge in [-0.15, -0.1) is 0 Å². The summed E-state index contributed by atoms with van der Waals surface area (Å²) in [5.74, 6) is 0. The van der Waals surface area contributed by atoms with Gasteiger partial charge in [0.1, 0.15) is 6.07 Å². The Morgan fingerprint density at radius 2 is 1.89 bits per heavy atom. The zero-order chi connectivity index (χ0) is 12.7. The molecule has 5 heteroatoms. The van der Waals surface area contributed by atoms with Gasteiger partial charge in [0.15, 0.2) is 5.69 Å². The maximum absolute atomic E-state index is 9.06. The third kappa shape index (κ3) is 1.39. The van der Waals surface area contributed by atoms with Crippen LogP contribution in [0.25, 0.3) is 22.3 Å². The molecule has 2 aromatic heterocycles. The van der Waals surface area contributed by atoms with Crippen molar-refractivity contribution in [3.05, 3.63) is 36.5 Å². The van der Waals surface area contributed by atoms with Crippen LogP contribution in [0.5, 0.6) is 0 Å². The van der Waals surface area contributed by atoms with Crippen molar-refractivity contribution in [3.8, 4) is 17.3 Å². The van der Waals surface area contributed by atoms with Crippen LogP contribution in [0.4, 0.5) is 0 Å². The first-order chi connectivity index (χ1) is 8.70. The second-order valence-corrected chi connectivity index (χ2v) is 4.22. The highest BCUT2D eigenvalue weighted by molar-refractivity contribution is 5.82. The highest BCUT2D eigenvalue weighted by Gasteiger charge is 2.12. The smallest absolute Gasteiger partial charge is 0.166 e. The van der Waals surface area contributed by atoms with Gasteiger partial charge in [0.25, 0.3) is 0 Å². The predicted octanol–water partition coefficient (Wildman–Crippen LogP) is 1.85. The molecule has 0 bridgehead atoms. The first kappa shape index (κ1) is 10.5. The average molecular weight is 237 g/mol. The van der Waals surface area contributed by atoms with Crippen molar-refractivity contribution in [2.75, 3.05) is 0 Å². The van der Waals surface area contributed by atoms with E-state index in [-0.39, 0.29) is 0 Å². The fourth-order valence-electron chi connectivity index (χ4n) is 2.14. The Morgan fingerprint density at radius 3 is 2.67 bits per heavy atom. The van der Waals surface area contributed by atoms with E-state index in [1.54, 1.807) is 12.7 Å². The Labute approximate surface area is 104 Å². The van der Waals surface area contributed by atoms with Crippen LogP contribution in [0, 0.1) is 11.3 Å². The average Bonchev–Trinajstić information content (AvgIpc) is 2.93. The van der Waals surface area contributed by atoms with Gasteiger partial charge in [-0.2, -0.15) is 5.26 Å². The van der Waals surface area contributed by atoms with E-state index < -0.39 is 0 Å². The number of benzene rings is 1. The molecule has 0 saturated heterocycles. The van der Waals surface area contributed by atoms with E-state index >= 15 is 0 Å². The molecule has 0 atom stereocenters. The zero-order valence-electron chi connectivity index (χ0n) is 10.1. The molecule has 0 aliphatic carbocycles. The molecule has 0 aliphatic rings. The van der Waals surface area contributed by atoms with Gasteiger partial charge in [-0.3, -0.25) is 0 Å². The number of fused-ring (bicyclic) bond motifs is 1. The van der Waals surface area contributed by atoms with Crippen LogP contribution < -0.4 is 0 Å². The van der Waals surface area contributed by atoms with E-state index in [0.717, 1.165) is 22.3 Å². The molecule has 3 rings (SSSR count). The molecule has 0 amide bonds. The maximum Gasteiger partial charge on any atom is 0.166 e. The lowest BCUT2D eigenvalue weighted by molar-refractivity contribution is 0.921. The number of hydrogen-bond donors (Lipinski definition) is 0. The molecule has 0 N–H and O–H groups in total. The van der Waals surface area contributed by atoms with Crippen LogP contribution >= 0.6 is 0 Å². The molecule has 0 unspecified atom stereocenters. The van der Waals surface area contributed by atoms with Crippen LogP contribution in [0.1, 0.15) is 5.69 Å². The van der Waals surface area contributed by atoms with E-state index in [4.69, 9.17) is 5.26 Å². The fraction of sp³-hybridized carbons (Fsp3) is 0.154. The monoisotopic (exact) mass is 237 g/mol. The van der Waals surface area contributed by atoms with Crippen molar-refractivity contribution < 1.29 is 0 Å². The Balaban J connectivity index is 2.26. The van der Waals surface area contributed by atoms with Gasteiger partial charge in [-0.1, -0.05) is 6.07 Å². The lowest BCUT2D eigenvalue weighted by Crippen LogP contribution is -1.92. The molecule has 5 nitrogen and oxygen atoms in total. The van der Waals surface area contributed by atoms with Gasteiger partial charge < -0.3 is 9.13 Å². The standard InChI is InChI=1S/C13H11N5/c1-17-7-15-10-5-9(3-4-12(10)17)13-11(6-14)16-8-18(13)2/h3-5,7-8H,1-2H3. The summed E-state index contributed by atoms with van der Waals surface area (Å²) in [6, 6.07) is 8.08. The van der Waals surface area contributed by atoms with Crippen molar-refractivity contribution in [3.63, 3.8) is 0 Å². The number of rotatable bonds is 1. The van der Waals surface area contributed by atoms with Crippen molar-refractivity contribution >= 4 is 11.0 Å². The molecule has 0 spiro atoms. The minimum atomic E-state index is 0.438. The van der Waals surface area contributed by atoms with Crippen molar-refractivity contribution in [1.82, 2.24) is 19.1 Å². The van der Waals surface area contributed by atoms with Gasteiger partial charge in [0, 0.05) is 19.7 Å². The van der Waals surface area contributed by atoms with Crippen LogP contribution in [-0.4, -0.2) is 19.1 Å². The molecular formula is C13H11N5. The lowest BCUT2D eigenvalue weighted by atomic mass is 10.1. The molecule has 0 fully saturated rings. The van der Waals surface area contributed by atoms with Gasteiger partial charge in [0.2, 0.25) is 0 Å². The number of nitrogens with zero attached hydrogens (tertiary/aromatic N) is 5. The summed E-state index contributed by atoms with van der Waals surface area (Å²) in [5, 5.41) is 9.06. The SMILES string of the molecule is Cn1cnc(C#N)c1-c1ccc2c(c1)ncn2C. The zero-order valence-corrected chi connectivity index (χ0v) is 10.1. The van der Waals surface area contributed by atoms with Crippen LogP contribution in [0.15, 0.2) is 30.9 Å². The first-order valence-electron chi connectivity index (χ1n) is 5.53. The van der Waals surface area contributed by atoms with E-state index in [1.165, 1.54) is 0 Å². The largest absolute Gasteiger partial charge is 0.334 e. The topological polar surface area (TPSA) is 59.4 Å². The van der Waals surface area contributed by atoms with Crippen molar-refractivity contribution in [2.45, 2.75) is 0 Å². The van der Waals surface area contributed by atoms with Crippen molar-refractivity contribution in [1.29, 1.82) is 5.26 Å². The quantitative estimate of drug-likeness (QED) is 0.649. The molecule has 0 aliphatic heterocycles. The Hall–Kier alpha value is -2.61. The highest BCUT2D eigenvalue weighted by atomic mass is 15.0. The summed E-state index contributed by atoms with van der Waals surface area (Å²) >= 11 is 0. The molecule has 0 saturated carbocycles. The molecule has 88 valence electrons. The Kier molecular flexibility index (Phi) is 2.17. The van der Waals surface area contributed by atoms with Crippen LogP contribution in [-0.2, 0) is 14.1 Å². The lowest BCUT2D eigenvalue weighted by Gasteiger charge is -2.03. The van der Waals surface area contributed by atoms with Gasteiger partial charge in [0.05, 0.1) is 29.4 Å². The third-order valence-electron chi connectivity index (χ3n) is 3.04. The molecular weight excluding hydrogens is 226 g/mol. The van der Waals surface area contributed by atoms with Crippen LogP contribution in [0.2, 0.25) is 0 Å². The fourth-order valence-corrected chi connectivity index (χ4v) is 2.14. The van der Waals surface area contributed by atoms with Gasteiger partial charge >= 0.3 is 0 Å². The molecule has 0 radical (unpaired) electrons. The maximum atomic E-state index is 9.06. The summed E-state index contributed by atoms with van der Waals surface area (Å²) in [5.41, 5.74) is 4.20. The number of aryl methyl sites for hydroxylation is 2. The summed E-state index contributed by atoms with van der Waals surface area (Å²) < 4.78 is 3.82.